The molecule has 0 aromatic heterocycles. The largest absolute Gasteiger partial charge is 0.480 e. The molecule has 2 fully saturated rings. The second-order valence-corrected chi connectivity index (χ2v) is 7.34. The number of hydrogen-bond donors (Lipinski definition) is 1. The smallest absolute Gasteiger partial charge is 0.320 e. The first kappa shape index (κ1) is 13.8. The van der Waals surface area contributed by atoms with Gasteiger partial charge in [0, 0.05) is 19.6 Å². The van der Waals surface area contributed by atoms with Crippen LogP contribution in [0.5, 0.6) is 0 Å². The molecule has 2 aliphatic rings. The molecule has 18 heavy (non-hydrogen) atoms. The van der Waals surface area contributed by atoms with Crippen molar-refractivity contribution in [3.05, 3.63) is 0 Å². The summed E-state index contributed by atoms with van der Waals surface area (Å²) in [6.45, 7) is 5.15. The first-order valence-corrected chi connectivity index (χ1v) is 7.87. The van der Waals surface area contributed by atoms with Gasteiger partial charge in [0.2, 0.25) is 10.0 Å². The predicted molar refractivity (Wildman–Crippen MR) is 66.4 cm³/mol. The Morgan fingerprint density at radius 2 is 2.06 bits per heavy atom. The van der Waals surface area contributed by atoms with E-state index in [0.29, 0.717) is 31.5 Å². The first-order valence-electron chi connectivity index (χ1n) is 6.26. The van der Waals surface area contributed by atoms with E-state index in [1.54, 1.807) is 0 Å². The van der Waals surface area contributed by atoms with Crippen LogP contribution in [0.15, 0.2) is 0 Å². The van der Waals surface area contributed by atoms with Crippen molar-refractivity contribution in [3.8, 4) is 0 Å². The second kappa shape index (κ2) is 4.79. The van der Waals surface area contributed by atoms with E-state index in [9.17, 15) is 13.2 Å². The lowest BCUT2D eigenvalue weighted by molar-refractivity contribution is -0.142. The van der Waals surface area contributed by atoms with Crippen molar-refractivity contribution in [1.82, 2.24) is 9.21 Å². The van der Waals surface area contributed by atoms with Crippen LogP contribution in [0.25, 0.3) is 0 Å². The van der Waals surface area contributed by atoms with Crippen LogP contribution < -0.4 is 0 Å². The van der Waals surface area contributed by atoms with Crippen LogP contribution in [0.3, 0.4) is 0 Å². The van der Waals surface area contributed by atoms with Crippen LogP contribution in [0.4, 0.5) is 0 Å². The molecule has 1 N–H and O–H groups in total. The molecule has 104 valence electrons. The molecule has 1 heterocycles. The molecule has 7 heteroatoms. The summed E-state index contributed by atoms with van der Waals surface area (Å²) in [5.74, 6) is -0.0458. The summed E-state index contributed by atoms with van der Waals surface area (Å²) in [5.41, 5.74) is 0. The highest BCUT2D eigenvalue weighted by Crippen LogP contribution is 2.39. The summed E-state index contributed by atoms with van der Waals surface area (Å²) in [6, 6.07) is -0.748. The van der Waals surface area contributed by atoms with Crippen molar-refractivity contribution in [3.63, 3.8) is 0 Å². The summed E-state index contributed by atoms with van der Waals surface area (Å²) in [4.78, 5) is 12.4. The topological polar surface area (TPSA) is 77.9 Å². The van der Waals surface area contributed by atoms with Crippen LogP contribution in [-0.2, 0) is 14.8 Å². The average Bonchev–Trinajstić information content (AvgIpc) is 2.95. The van der Waals surface area contributed by atoms with Crippen molar-refractivity contribution in [2.45, 2.75) is 26.3 Å². The van der Waals surface area contributed by atoms with E-state index < -0.39 is 22.0 Å². The standard InChI is InChI=1S/C11H20N2O4S/c1-8-5-10(8)6-13-4-3-12(7-18(13,16)17)9(2)11(14)15/h8-10H,3-7H2,1-2H3,(H,14,15)/t8?,9-,10?/m0/s1. The number of carbonyl (C=O) groups is 1. The lowest BCUT2D eigenvalue weighted by Crippen LogP contribution is -2.54. The highest BCUT2D eigenvalue weighted by molar-refractivity contribution is 7.89. The van der Waals surface area contributed by atoms with Crippen molar-refractivity contribution in [2.24, 2.45) is 11.8 Å². The van der Waals surface area contributed by atoms with Crippen LogP contribution in [0, 0.1) is 11.8 Å². The van der Waals surface area contributed by atoms with Crippen LogP contribution >= 0.6 is 0 Å². The molecule has 1 saturated heterocycles. The van der Waals surface area contributed by atoms with Gasteiger partial charge in [-0.3, -0.25) is 9.69 Å². The van der Waals surface area contributed by atoms with Gasteiger partial charge in [0.05, 0.1) is 0 Å². The van der Waals surface area contributed by atoms with Gasteiger partial charge < -0.3 is 5.11 Å². The Labute approximate surface area is 108 Å². The normalized spacial score (nSPS) is 34.1. The van der Waals surface area contributed by atoms with E-state index in [1.807, 2.05) is 0 Å². The maximum Gasteiger partial charge on any atom is 0.320 e. The van der Waals surface area contributed by atoms with E-state index in [0.717, 1.165) is 6.42 Å². The van der Waals surface area contributed by atoms with Crippen LogP contribution in [0.1, 0.15) is 20.3 Å². The highest BCUT2D eigenvalue weighted by Gasteiger charge is 2.40. The third kappa shape index (κ3) is 2.84. The molecule has 1 aliphatic carbocycles. The predicted octanol–water partition coefficient (Wildman–Crippen LogP) is 0.0204. The Bertz CT molecular complexity index is 436. The molecular formula is C11H20N2O4S. The molecular weight excluding hydrogens is 256 g/mol. The van der Waals surface area contributed by atoms with Crippen molar-refractivity contribution < 1.29 is 18.3 Å². The summed E-state index contributed by atoms with van der Waals surface area (Å²) in [7, 11) is -3.33. The summed E-state index contributed by atoms with van der Waals surface area (Å²) >= 11 is 0. The molecule has 6 nitrogen and oxygen atoms in total. The molecule has 2 unspecified atom stereocenters. The number of aliphatic carboxylic acids is 1. The maximum atomic E-state index is 12.1. The number of nitrogens with zero attached hydrogens (tertiary/aromatic N) is 2. The molecule has 1 aliphatic heterocycles. The Morgan fingerprint density at radius 3 is 2.50 bits per heavy atom. The van der Waals surface area contributed by atoms with Gasteiger partial charge in [-0.2, -0.15) is 4.31 Å². The SMILES string of the molecule is CC1CC1CN1CCN([C@@H](C)C(=O)O)CS1(=O)=O. The molecule has 0 aromatic rings. The fourth-order valence-electron chi connectivity index (χ4n) is 2.32. The van der Waals surface area contributed by atoms with E-state index in [2.05, 4.69) is 6.92 Å². The summed E-state index contributed by atoms with van der Waals surface area (Å²) in [5, 5.41) is 8.91. The quantitative estimate of drug-likeness (QED) is 0.783. The second-order valence-electron chi connectivity index (χ2n) is 5.40. The highest BCUT2D eigenvalue weighted by atomic mass is 32.2. The van der Waals surface area contributed by atoms with Crippen LogP contribution in [-0.4, -0.2) is 60.3 Å². The summed E-state index contributed by atoms with van der Waals surface area (Å²) in [6.07, 6.45) is 1.10. The third-order valence-electron chi connectivity index (χ3n) is 3.98. The molecule has 3 atom stereocenters. The van der Waals surface area contributed by atoms with Gasteiger partial charge in [-0.05, 0) is 25.2 Å². The van der Waals surface area contributed by atoms with Gasteiger partial charge in [-0.25, -0.2) is 8.42 Å². The Balaban J connectivity index is 1.98. The minimum atomic E-state index is -3.33. The van der Waals surface area contributed by atoms with E-state index in [1.165, 1.54) is 16.1 Å². The molecule has 1 saturated carbocycles. The van der Waals surface area contributed by atoms with Gasteiger partial charge >= 0.3 is 5.97 Å². The van der Waals surface area contributed by atoms with Crippen molar-refractivity contribution >= 4 is 16.0 Å². The Morgan fingerprint density at radius 1 is 1.44 bits per heavy atom. The molecule has 2 rings (SSSR count). The van der Waals surface area contributed by atoms with Gasteiger partial charge in [0.25, 0.3) is 0 Å². The zero-order valence-corrected chi connectivity index (χ0v) is 11.6. The zero-order chi connectivity index (χ0) is 13.5. The van der Waals surface area contributed by atoms with Crippen molar-refractivity contribution in [1.29, 1.82) is 0 Å². The minimum absolute atomic E-state index is 0.179. The zero-order valence-electron chi connectivity index (χ0n) is 10.7. The van der Waals surface area contributed by atoms with E-state index in [-0.39, 0.29) is 5.88 Å². The molecule has 0 radical (unpaired) electrons. The lowest BCUT2D eigenvalue weighted by atomic mass is 10.3. The first-order chi connectivity index (χ1) is 8.31. The Hall–Kier alpha value is -0.660. The van der Waals surface area contributed by atoms with E-state index in [4.69, 9.17) is 5.11 Å². The number of hydrogen-bond acceptors (Lipinski definition) is 4. The van der Waals surface area contributed by atoms with Gasteiger partial charge in [0.15, 0.2) is 0 Å². The Kier molecular flexibility index (Phi) is 3.66. The van der Waals surface area contributed by atoms with Gasteiger partial charge in [0.1, 0.15) is 11.9 Å². The molecule has 0 spiro atoms. The molecule has 0 aromatic carbocycles. The fourth-order valence-corrected chi connectivity index (χ4v) is 4.03. The summed E-state index contributed by atoms with van der Waals surface area (Å²) < 4.78 is 25.7. The van der Waals surface area contributed by atoms with Crippen molar-refractivity contribution in [2.75, 3.05) is 25.5 Å². The monoisotopic (exact) mass is 276 g/mol. The number of carboxylic acids is 1. The average molecular weight is 276 g/mol. The van der Waals surface area contributed by atoms with Gasteiger partial charge in [-0.15, -0.1) is 0 Å². The van der Waals surface area contributed by atoms with Gasteiger partial charge in [-0.1, -0.05) is 6.92 Å². The number of sulfonamides is 1. The van der Waals surface area contributed by atoms with E-state index >= 15 is 0 Å². The fraction of sp³-hybridized carbons (Fsp3) is 0.909. The molecule has 0 bridgehead atoms. The molecule has 0 amide bonds. The minimum Gasteiger partial charge on any atom is -0.480 e. The number of rotatable bonds is 4. The lowest BCUT2D eigenvalue weighted by Gasteiger charge is -2.36. The third-order valence-corrected chi connectivity index (χ3v) is 5.75. The van der Waals surface area contributed by atoms with Crippen LogP contribution in [0.2, 0.25) is 0 Å². The number of carboxylic acid groups (broad SMARTS) is 1. The maximum absolute atomic E-state index is 12.1.